The van der Waals surface area contributed by atoms with Crippen LogP contribution in [0.1, 0.15) is 29.7 Å². The minimum absolute atomic E-state index is 0.0782. The molecule has 0 aliphatic carbocycles. The number of hydrogen-bond donors (Lipinski definition) is 2. The van der Waals surface area contributed by atoms with Crippen molar-refractivity contribution >= 4 is 29.4 Å². The molecule has 0 radical (unpaired) electrons. The van der Waals surface area contributed by atoms with Gasteiger partial charge in [-0.1, -0.05) is 0 Å². The molecule has 0 spiro atoms. The zero-order chi connectivity index (χ0) is 22.7. The molecule has 1 aliphatic heterocycles. The first-order valence-electron chi connectivity index (χ1n) is 9.97. The zero-order valence-corrected chi connectivity index (χ0v) is 17.5. The summed E-state index contributed by atoms with van der Waals surface area (Å²) in [6.45, 7) is 2.01. The molecule has 0 saturated carbocycles. The van der Waals surface area contributed by atoms with Crippen molar-refractivity contribution < 1.29 is 23.9 Å². The number of rotatable bonds is 6. The Labute approximate surface area is 183 Å². The van der Waals surface area contributed by atoms with E-state index < -0.39 is 17.9 Å². The van der Waals surface area contributed by atoms with Crippen LogP contribution in [-0.4, -0.2) is 46.3 Å². The number of nitrogens with one attached hydrogen (secondary N) is 2. The predicted octanol–water partition coefficient (Wildman–Crippen LogP) is 2.65. The minimum atomic E-state index is -0.872. The predicted molar refractivity (Wildman–Crippen MR) is 115 cm³/mol. The molecular formula is C22H21N5O5. The molecule has 2 aromatic carbocycles. The van der Waals surface area contributed by atoms with E-state index in [1.165, 1.54) is 4.68 Å². The van der Waals surface area contributed by atoms with E-state index in [4.69, 9.17) is 9.47 Å². The van der Waals surface area contributed by atoms with Gasteiger partial charge < -0.3 is 14.8 Å². The lowest BCUT2D eigenvalue weighted by Crippen LogP contribution is -2.36. The number of aromatic nitrogens is 3. The number of nitrogens with zero attached hydrogens (tertiary/aromatic N) is 3. The number of fused-ring (bicyclic) bond motifs is 1. The average Bonchev–Trinajstić information content (AvgIpc) is 3.23. The summed E-state index contributed by atoms with van der Waals surface area (Å²) in [5, 5.41) is 9.85. The number of esters is 1. The minimum Gasteiger partial charge on any atom is -0.497 e. The van der Waals surface area contributed by atoms with E-state index >= 15 is 0 Å². The molecule has 32 heavy (non-hydrogen) atoms. The van der Waals surface area contributed by atoms with Gasteiger partial charge in [0, 0.05) is 11.3 Å². The Morgan fingerprint density at radius 3 is 2.53 bits per heavy atom. The van der Waals surface area contributed by atoms with E-state index in [-0.39, 0.29) is 24.9 Å². The highest BCUT2D eigenvalue weighted by Crippen LogP contribution is 2.28. The summed E-state index contributed by atoms with van der Waals surface area (Å²) in [4.78, 5) is 41.2. The van der Waals surface area contributed by atoms with Crippen molar-refractivity contribution in [2.45, 2.75) is 19.4 Å². The van der Waals surface area contributed by atoms with Crippen LogP contribution in [0.15, 0.2) is 48.5 Å². The second-order valence-electron chi connectivity index (χ2n) is 6.99. The molecule has 1 aliphatic rings. The lowest BCUT2D eigenvalue weighted by molar-refractivity contribution is -0.125. The van der Waals surface area contributed by atoms with Gasteiger partial charge in [-0.2, -0.15) is 4.98 Å². The van der Waals surface area contributed by atoms with E-state index in [9.17, 15) is 14.4 Å². The lowest BCUT2D eigenvalue weighted by atomic mass is 10.1. The van der Waals surface area contributed by atoms with Crippen LogP contribution in [0.25, 0.3) is 11.4 Å². The van der Waals surface area contributed by atoms with Gasteiger partial charge in [0.05, 0.1) is 25.7 Å². The third-order valence-corrected chi connectivity index (χ3v) is 4.87. The van der Waals surface area contributed by atoms with E-state index in [0.29, 0.717) is 22.8 Å². The van der Waals surface area contributed by atoms with Crippen LogP contribution in [0.2, 0.25) is 0 Å². The monoisotopic (exact) mass is 435 g/mol. The summed E-state index contributed by atoms with van der Waals surface area (Å²) in [7, 11) is 1.58. The van der Waals surface area contributed by atoms with Crippen LogP contribution in [0.4, 0.5) is 11.6 Å². The molecule has 2 N–H and O–H groups in total. The summed E-state index contributed by atoms with van der Waals surface area (Å²) in [5.74, 6) is 0.0800. The molecule has 2 heterocycles. The highest BCUT2D eigenvalue weighted by molar-refractivity contribution is 6.01. The zero-order valence-electron chi connectivity index (χ0n) is 17.5. The van der Waals surface area contributed by atoms with Crippen molar-refractivity contribution in [2.24, 2.45) is 0 Å². The number of amides is 2. The van der Waals surface area contributed by atoms with Crippen LogP contribution in [0, 0.1) is 0 Å². The molecule has 0 saturated heterocycles. The largest absolute Gasteiger partial charge is 0.497 e. The molecule has 10 heteroatoms. The van der Waals surface area contributed by atoms with E-state index in [1.807, 2.05) is 0 Å². The molecule has 164 valence electrons. The van der Waals surface area contributed by atoms with E-state index in [0.717, 1.165) is 5.56 Å². The van der Waals surface area contributed by atoms with Gasteiger partial charge in [0.15, 0.2) is 5.82 Å². The van der Waals surface area contributed by atoms with Crippen LogP contribution in [-0.2, 0) is 14.3 Å². The first-order chi connectivity index (χ1) is 15.5. The van der Waals surface area contributed by atoms with E-state index in [2.05, 4.69) is 20.7 Å². The topological polar surface area (TPSA) is 124 Å². The fourth-order valence-electron chi connectivity index (χ4n) is 3.26. The van der Waals surface area contributed by atoms with Crippen molar-refractivity contribution in [1.29, 1.82) is 0 Å². The van der Waals surface area contributed by atoms with Crippen molar-refractivity contribution in [2.75, 3.05) is 24.4 Å². The number of carbonyl (C=O) groups excluding carboxylic acids is 3. The van der Waals surface area contributed by atoms with Gasteiger partial charge >= 0.3 is 5.97 Å². The van der Waals surface area contributed by atoms with Crippen LogP contribution in [0.5, 0.6) is 5.75 Å². The van der Waals surface area contributed by atoms with Gasteiger partial charge in [0.1, 0.15) is 11.8 Å². The second kappa shape index (κ2) is 8.88. The summed E-state index contributed by atoms with van der Waals surface area (Å²) >= 11 is 0. The van der Waals surface area contributed by atoms with Crippen molar-refractivity contribution in [3.05, 3.63) is 54.1 Å². The maximum Gasteiger partial charge on any atom is 0.338 e. The Balaban J connectivity index is 1.54. The SMILES string of the molecule is CCOC(=O)c1ccc(NC(=O)[C@@H]2CC(=O)Nc3nc(-c4ccc(OC)cc4)nn32)cc1. The Hall–Kier alpha value is -4.21. The number of ether oxygens (including phenoxy) is 2. The van der Waals surface area contributed by atoms with Gasteiger partial charge in [0.2, 0.25) is 17.8 Å². The third-order valence-electron chi connectivity index (χ3n) is 4.87. The molecule has 2 amide bonds. The van der Waals surface area contributed by atoms with Gasteiger partial charge in [-0.15, -0.1) is 5.10 Å². The molecule has 3 aromatic rings. The maximum atomic E-state index is 12.9. The molecular weight excluding hydrogens is 414 g/mol. The Kier molecular flexibility index (Phi) is 5.84. The number of methoxy groups -OCH3 is 1. The molecule has 0 unspecified atom stereocenters. The smallest absolute Gasteiger partial charge is 0.338 e. The van der Waals surface area contributed by atoms with Crippen molar-refractivity contribution in [1.82, 2.24) is 14.8 Å². The number of hydrogen-bond acceptors (Lipinski definition) is 7. The highest BCUT2D eigenvalue weighted by Gasteiger charge is 2.33. The molecule has 10 nitrogen and oxygen atoms in total. The summed E-state index contributed by atoms with van der Waals surface area (Å²) in [6, 6.07) is 12.6. The highest BCUT2D eigenvalue weighted by atomic mass is 16.5. The lowest BCUT2D eigenvalue weighted by Gasteiger charge is -2.22. The molecule has 1 atom stereocenters. The third kappa shape index (κ3) is 4.29. The fraction of sp³-hybridized carbons (Fsp3) is 0.227. The van der Waals surface area contributed by atoms with Crippen molar-refractivity contribution in [3.8, 4) is 17.1 Å². The first-order valence-corrected chi connectivity index (χ1v) is 9.97. The maximum absolute atomic E-state index is 12.9. The quantitative estimate of drug-likeness (QED) is 0.570. The normalized spacial score (nSPS) is 14.8. The molecule has 0 fully saturated rings. The van der Waals surface area contributed by atoms with Gasteiger partial charge in [-0.25, -0.2) is 9.48 Å². The van der Waals surface area contributed by atoms with Gasteiger partial charge in [-0.05, 0) is 55.5 Å². The Morgan fingerprint density at radius 1 is 1.16 bits per heavy atom. The average molecular weight is 435 g/mol. The summed E-state index contributed by atoms with van der Waals surface area (Å²) < 4.78 is 11.5. The van der Waals surface area contributed by atoms with Gasteiger partial charge in [0.25, 0.3) is 0 Å². The van der Waals surface area contributed by atoms with Crippen molar-refractivity contribution in [3.63, 3.8) is 0 Å². The van der Waals surface area contributed by atoms with Crippen LogP contribution in [0.3, 0.4) is 0 Å². The molecule has 4 rings (SSSR count). The van der Waals surface area contributed by atoms with Gasteiger partial charge in [-0.3, -0.25) is 14.9 Å². The number of anilines is 2. The number of benzene rings is 2. The van der Waals surface area contributed by atoms with Crippen LogP contribution >= 0.6 is 0 Å². The Morgan fingerprint density at radius 2 is 1.88 bits per heavy atom. The standard InChI is InChI=1S/C22H21N5O5/c1-3-32-21(30)14-4-8-15(9-5-14)23-20(29)17-12-18(28)24-22-25-19(26-27(17)22)13-6-10-16(31-2)11-7-13/h4-11,17H,3,12H2,1-2H3,(H,23,29)(H,24,25,26,28)/t17-/m0/s1. The fourth-order valence-corrected chi connectivity index (χ4v) is 3.26. The summed E-state index contributed by atoms with van der Waals surface area (Å²) in [5.41, 5.74) is 1.58. The number of carbonyl (C=O) groups is 3. The van der Waals surface area contributed by atoms with E-state index in [1.54, 1.807) is 62.6 Å². The second-order valence-corrected chi connectivity index (χ2v) is 6.99. The summed E-state index contributed by atoms with van der Waals surface area (Å²) in [6.07, 6.45) is -0.0782. The Bertz CT molecular complexity index is 1150. The first kappa shape index (κ1) is 21.0. The molecule has 1 aromatic heterocycles. The molecule has 0 bridgehead atoms. The van der Waals surface area contributed by atoms with Crippen LogP contribution < -0.4 is 15.4 Å².